The zero-order valence-corrected chi connectivity index (χ0v) is 26.7. The second kappa shape index (κ2) is 21.7. The van der Waals surface area contributed by atoms with E-state index < -0.39 is 0 Å². The van der Waals surface area contributed by atoms with Crippen molar-refractivity contribution in [1.82, 2.24) is 10.3 Å². The molecule has 1 fully saturated rings. The average Bonchev–Trinajstić information content (AvgIpc) is 3.64. The van der Waals surface area contributed by atoms with Crippen molar-refractivity contribution in [3.63, 3.8) is 0 Å². The van der Waals surface area contributed by atoms with Crippen LogP contribution in [-0.4, -0.2) is 23.5 Å². The number of carbonyl (C=O) groups is 1. The molecule has 1 aromatic heterocycles. The van der Waals surface area contributed by atoms with Crippen LogP contribution >= 0.6 is 0 Å². The molecule has 3 rings (SSSR count). The summed E-state index contributed by atoms with van der Waals surface area (Å²) >= 11 is 0. The van der Waals surface area contributed by atoms with Gasteiger partial charge < -0.3 is 15.6 Å². The number of aromatic amines is 1. The summed E-state index contributed by atoms with van der Waals surface area (Å²) in [6.07, 6.45) is 35.1. The normalized spacial score (nSPS) is 13.8. The minimum Gasteiger partial charge on any atom is -0.382 e. The number of nitrogens with one attached hydrogen (secondary N) is 3. The highest BCUT2D eigenvalue weighted by atomic mass is 16.1. The van der Waals surface area contributed by atoms with Gasteiger partial charge in [0.25, 0.3) is 0 Å². The third-order valence-corrected chi connectivity index (χ3v) is 9.22. The van der Waals surface area contributed by atoms with E-state index in [9.17, 15) is 4.79 Å². The molecule has 2 aromatic rings. The Kier molecular flexibility index (Phi) is 17.7. The van der Waals surface area contributed by atoms with Gasteiger partial charge in [0.05, 0.1) is 0 Å². The van der Waals surface area contributed by atoms with Gasteiger partial charge in [0.1, 0.15) is 0 Å². The van der Waals surface area contributed by atoms with Gasteiger partial charge in [-0.1, -0.05) is 135 Å². The Balaban J connectivity index is 1.09. The lowest BCUT2D eigenvalue weighted by molar-refractivity contribution is -0.121. The topological polar surface area (TPSA) is 56.9 Å². The Morgan fingerprint density at radius 3 is 1.85 bits per heavy atom. The van der Waals surface area contributed by atoms with Gasteiger partial charge in [-0.05, 0) is 49.4 Å². The Bertz CT molecular complexity index is 929. The minimum absolute atomic E-state index is 0.209. The molecule has 0 atom stereocenters. The molecule has 0 unspecified atom stereocenters. The summed E-state index contributed by atoms with van der Waals surface area (Å²) in [5.41, 5.74) is 3.69. The molecule has 1 saturated carbocycles. The number of anilines is 1. The molecule has 232 valence electrons. The fourth-order valence-electron chi connectivity index (χ4n) is 6.57. The highest BCUT2D eigenvalue weighted by Gasteiger charge is 2.15. The molecule has 1 amide bonds. The van der Waals surface area contributed by atoms with E-state index in [4.69, 9.17) is 0 Å². The summed E-state index contributed by atoms with van der Waals surface area (Å²) < 4.78 is 0. The molecule has 0 aliphatic heterocycles. The van der Waals surface area contributed by atoms with E-state index in [0.717, 1.165) is 12.8 Å². The molecule has 1 aliphatic rings. The molecule has 1 aliphatic carbocycles. The molecule has 3 N–H and O–H groups in total. The van der Waals surface area contributed by atoms with Gasteiger partial charge in [-0.3, -0.25) is 4.79 Å². The molecule has 4 nitrogen and oxygen atoms in total. The summed E-state index contributed by atoms with van der Waals surface area (Å²) in [5, 5.41) is 8.14. The lowest BCUT2D eigenvalue weighted by atomic mass is 10.0. The van der Waals surface area contributed by atoms with Gasteiger partial charge in [-0.2, -0.15) is 0 Å². The maximum absolute atomic E-state index is 12.3. The first-order valence-electron chi connectivity index (χ1n) is 17.9. The number of unbranched alkanes of at least 4 members (excludes halogenated alkanes) is 18. The fourth-order valence-corrected chi connectivity index (χ4v) is 6.57. The van der Waals surface area contributed by atoms with Gasteiger partial charge >= 0.3 is 0 Å². The van der Waals surface area contributed by atoms with Crippen molar-refractivity contribution in [1.29, 1.82) is 0 Å². The van der Waals surface area contributed by atoms with E-state index >= 15 is 0 Å². The fraction of sp³-hybridized carbons (Fsp3) is 0.757. The zero-order valence-electron chi connectivity index (χ0n) is 26.7. The number of carbonyl (C=O) groups excluding carboxylic acids is 1. The van der Waals surface area contributed by atoms with Crippen LogP contribution in [-0.2, 0) is 11.2 Å². The number of hydrogen-bond donors (Lipinski definition) is 3. The maximum Gasteiger partial charge on any atom is 0.220 e. The van der Waals surface area contributed by atoms with Crippen molar-refractivity contribution in [2.75, 3.05) is 11.9 Å². The Hall–Kier alpha value is -1.97. The molecule has 0 saturated heterocycles. The molecule has 4 heteroatoms. The SMILES string of the molecule is CCCCCCCCCCCCCCCCCCCCCC(=O)NCCc1c[nH]c2ccc(NC3CCCC3)cc12. The second-order valence-corrected chi connectivity index (χ2v) is 12.9. The van der Waals surface area contributed by atoms with Crippen LogP contribution < -0.4 is 10.6 Å². The smallest absolute Gasteiger partial charge is 0.220 e. The van der Waals surface area contributed by atoms with E-state index in [1.54, 1.807) is 0 Å². The van der Waals surface area contributed by atoms with Gasteiger partial charge in [0.15, 0.2) is 0 Å². The lowest BCUT2D eigenvalue weighted by Gasteiger charge is -2.13. The second-order valence-electron chi connectivity index (χ2n) is 12.9. The minimum atomic E-state index is 0.209. The van der Waals surface area contributed by atoms with Crippen LogP contribution in [0.1, 0.15) is 167 Å². The number of amides is 1. The molecule has 0 bridgehead atoms. The van der Waals surface area contributed by atoms with Crippen molar-refractivity contribution in [3.05, 3.63) is 30.0 Å². The molecule has 0 radical (unpaired) electrons. The maximum atomic E-state index is 12.3. The highest BCUT2D eigenvalue weighted by Crippen LogP contribution is 2.26. The predicted molar refractivity (Wildman–Crippen MR) is 179 cm³/mol. The standard InChI is InChI=1S/C37H63N3O/c1-2-3-4-5-6-7-8-9-10-11-12-13-14-15-16-17-18-19-20-25-37(41)38-29-28-32-31-39-36-27-26-34(30-35(32)36)40-33-23-21-22-24-33/h26-27,30-31,33,39-40H,2-25,28-29H2,1H3,(H,38,41). The number of benzene rings is 1. The third-order valence-electron chi connectivity index (χ3n) is 9.22. The predicted octanol–water partition coefficient (Wildman–Crippen LogP) is 11.0. The summed E-state index contributed by atoms with van der Waals surface area (Å²) in [6.45, 7) is 3.01. The zero-order chi connectivity index (χ0) is 28.8. The number of aromatic nitrogens is 1. The Morgan fingerprint density at radius 1 is 0.756 bits per heavy atom. The van der Waals surface area contributed by atoms with Gasteiger partial charge in [-0.25, -0.2) is 0 Å². The van der Waals surface area contributed by atoms with E-state index in [-0.39, 0.29) is 5.91 Å². The van der Waals surface area contributed by atoms with E-state index in [2.05, 4.69) is 46.9 Å². The number of rotatable bonds is 25. The summed E-state index contributed by atoms with van der Waals surface area (Å²) in [5.74, 6) is 0.209. The van der Waals surface area contributed by atoms with Gasteiger partial charge in [0.2, 0.25) is 5.91 Å². The van der Waals surface area contributed by atoms with Crippen LogP contribution in [0.15, 0.2) is 24.4 Å². The van der Waals surface area contributed by atoms with Crippen molar-refractivity contribution in [3.8, 4) is 0 Å². The lowest BCUT2D eigenvalue weighted by Crippen LogP contribution is -2.25. The highest BCUT2D eigenvalue weighted by molar-refractivity contribution is 5.86. The Labute approximate surface area is 252 Å². The monoisotopic (exact) mass is 565 g/mol. The van der Waals surface area contributed by atoms with Crippen molar-refractivity contribution in [2.24, 2.45) is 0 Å². The average molecular weight is 566 g/mol. The van der Waals surface area contributed by atoms with Crippen LogP contribution in [0.4, 0.5) is 5.69 Å². The third kappa shape index (κ3) is 14.7. The largest absolute Gasteiger partial charge is 0.382 e. The van der Waals surface area contributed by atoms with E-state index in [0.29, 0.717) is 19.0 Å². The molecular formula is C37H63N3O. The quantitative estimate of drug-likeness (QED) is 0.105. The number of H-pyrrole nitrogens is 1. The van der Waals surface area contributed by atoms with Crippen LogP contribution in [0.5, 0.6) is 0 Å². The first-order chi connectivity index (χ1) is 20.3. The van der Waals surface area contributed by atoms with Crippen LogP contribution in [0.25, 0.3) is 10.9 Å². The van der Waals surface area contributed by atoms with E-state index in [1.165, 1.54) is 163 Å². The molecule has 41 heavy (non-hydrogen) atoms. The molecule has 0 spiro atoms. The van der Waals surface area contributed by atoms with Gasteiger partial charge in [-0.15, -0.1) is 0 Å². The first kappa shape index (κ1) is 33.5. The first-order valence-corrected chi connectivity index (χ1v) is 17.9. The van der Waals surface area contributed by atoms with Crippen molar-refractivity contribution >= 4 is 22.5 Å². The van der Waals surface area contributed by atoms with E-state index in [1.807, 2.05) is 0 Å². The number of hydrogen-bond acceptors (Lipinski definition) is 2. The molecular weight excluding hydrogens is 502 g/mol. The molecule has 1 aromatic carbocycles. The summed E-state index contributed by atoms with van der Waals surface area (Å²) in [4.78, 5) is 15.7. The van der Waals surface area contributed by atoms with Crippen molar-refractivity contribution < 1.29 is 4.79 Å². The van der Waals surface area contributed by atoms with Gasteiger partial charge in [0, 0.05) is 41.8 Å². The van der Waals surface area contributed by atoms with Crippen LogP contribution in [0.3, 0.4) is 0 Å². The summed E-state index contributed by atoms with van der Waals surface area (Å²) in [7, 11) is 0. The number of fused-ring (bicyclic) bond motifs is 1. The van der Waals surface area contributed by atoms with Crippen molar-refractivity contribution in [2.45, 2.75) is 173 Å². The van der Waals surface area contributed by atoms with Crippen LogP contribution in [0, 0.1) is 0 Å². The summed E-state index contributed by atoms with van der Waals surface area (Å²) in [6, 6.07) is 7.26. The van der Waals surface area contributed by atoms with Crippen LogP contribution in [0.2, 0.25) is 0 Å². The molecule has 1 heterocycles. The Morgan fingerprint density at radius 2 is 1.29 bits per heavy atom.